The zero-order valence-electron chi connectivity index (χ0n) is 12.8. The number of aromatic nitrogens is 3. The number of fused-ring (bicyclic) bond motifs is 1. The lowest BCUT2D eigenvalue weighted by Gasteiger charge is -2.08. The number of aromatic amines is 1. The van der Waals surface area contributed by atoms with Crippen LogP contribution < -0.4 is 10.3 Å². The van der Waals surface area contributed by atoms with Crippen LogP contribution in [0, 0.1) is 18.3 Å². The van der Waals surface area contributed by atoms with E-state index in [1.165, 1.54) is 12.3 Å². The van der Waals surface area contributed by atoms with E-state index >= 15 is 0 Å². The Kier molecular flexibility index (Phi) is 4.49. The van der Waals surface area contributed by atoms with Gasteiger partial charge >= 0.3 is 5.97 Å². The molecule has 1 aromatic carbocycles. The number of rotatable bonds is 3. The molecule has 0 aliphatic heterocycles. The second-order valence-corrected chi connectivity index (χ2v) is 5.93. The predicted octanol–water partition coefficient (Wildman–Crippen LogP) is 2.66. The zero-order chi connectivity index (χ0) is 18.1. The highest BCUT2D eigenvalue weighted by Crippen LogP contribution is 2.31. The van der Waals surface area contributed by atoms with Gasteiger partial charge in [-0.25, -0.2) is 9.50 Å². The molecular weight excluding hydrogens is 367 g/mol. The molecule has 1 N–H and O–H groups in total. The van der Waals surface area contributed by atoms with Gasteiger partial charge in [-0.1, -0.05) is 29.3 Å². The molecule has 0 unspecified atom stereocenters. The van der Waals surface area contributed by atoms with Gasteiger partial charge in [0.05, 0.1) is 17.0 Å². The number of nitrogens with zero attached hydrogens (tertiary/aromatic N) is 3. The Morgan fingerprint density at radius 1 is 1.44 bits per heavy atom. The normalized spacial score (nSPS) is 10.6. The molecule has 2 aromatic heterocycles. The largest absolute Gasteiger partial charge is 0.425 e. The second kappa shape index (κ2) is 6.59. The van der Waals surface area contributed by atoms with Crippen LogP contribution in [0.4, 0.5) is 0 Å². The Morgan fingerprint density at radius 2 is 2.20 bits per heavy atom. The summed E-state index contributed by atoms with van der Waals surface area (Å²) in [6.45, 7) is 1.59. The van der Waals surface area contributed by atoms with Gasteiger partial charge in [0.2, 0.25) is 0 Å². The third kappa shape index (κ3) is 3.09. The van der Waals surface area contributed by atoms with E-state index in [4.69, 9.17) is 33.2 Å². The smallest absolute Gasteiger partial charge is 0.315 e. The molecule has 25 heavy (non-hydrogen) atoms. The summed E-state index contributed by atoms with van der Waals surface area (Å²) in [6, 6.07) is 6.59. The maximum absolute atomic E-state index is 12.5. The molecule has 3 aromatic rings. The Labute approximate surface area is 151 Å². The number of nitrogens with one attached hydrogen (secondary N) is 1. The van der Waals surface area contributed by atoms with Gasteiger partial charge in [0.1, 0.15) is 16.7 Å². The van der Waals surface area contributed by atoms with E-state index in [0.717, 1.165) is 4.52 Å². The van der Waals surface area contributed by atoms with Gasteiger partial charge in [0.25, 0.3) is 5.56 Å². The van der Waals surface area contributed by atoms with Crippen molar-refractivity contribution in [1.82, 2.24) is 14.6 Å². The number of hydrogen-bond donors (Lipinski definition) is 1. The molecule has 0 amide bonds. The lowest BCUT2D eigenvalue weighted by Crippen LogP contribution is -2.25. The minimum Gasteiger partial charge on any atom is -0.425 e. The van der Waals surface area contributed by atoms with Crippen LogP contribution in [0.3, 0.4) is 0 Å². The molecule has 126 valence electrons. The monoisotopic (exact) mass is 376 g/mol. The van der Waals surface area contributed by atoms with E-state index < -0.39 is 11.5 Å². The highest BCUT2D eigenvalue weighted by Gasteiger charge is 2.18. The molecule has 2 heterocycles. The molecule has 0 radical (unpaired) electrons. The van der Waals surface area contributed by atoms with Gasteiger partial charge in [-0.05, 0) is 19.1 Å². The SMILES string of the molecule is Cc1nc2c(C#N)c[nH]n2c(=O)c1CC(=O)Oc1cccc(Cl)c1Cl. The molecule has 0 bridgehead atoms. The molecule has 3 rings (SSSR count). The number of benzene rings is 1. The van der Waals surface area contributed by atoms with Gasteiger partial charge in [-0.3, -0.25) is 14.7 Å². The highest BCUT2D eigenvalue weighted by molar-refractivity contribution is 6.43. The quantitative estimate of drug-likeness (QED) is 0.559. The summed E-state index contributed by atoms with van der Waals surface area (Å²) in [6.07, 6.45) is 1.07. The highest BCUT2D eigenvalue weighted by atomic mass is 35.5. The van der Waals surface area contributed by atoms with E-state index in [9.17, 15) is 9.59 Å². The van der Waals surface area contributed by atoms with Crippen molar-refractivity contribution in [3.8, 4) is 11.8 Å². The van der Waals surface area contributed by atoms with Gasteiger partial charge in [-0.2, -0.15) is 5.26 Å². The topological polar surface area (TPSA) is 100 Å². The molecule has 7 nitrogen and oxygen atoms in total. The maximum atomic E-state index is 12.5. The Bertz CT molecular complexity index is 1100. The summed E-state index contributed by atoms with van der Waals surface area (Å²) in [7, 11) is 0. The summed E-state index contributed by atoms with van der Waals surface area (Å²) in [5.74, 6) is -0.573. The van der Waals surface area contributed by atoms with Gasteiger partial charge in [0, 0.05) is 11.9 Å². The number of carbonyl (C=O) groups excluding carboxylic acids is 1. The molecule has 9 heteroatoms. The van der Waals surface area contributed by atoms with Crippen LogP contribution in [-0.2, 0) is 11.2 Å². The number of halogens is 2. The van der Waals surface area contributed by atoms with E-state index in [-0.39, 0.29) is 39.0 Å². The Morgan fingerprint density at radius 3 is 2.92 bits per heavy atom. The van der Waals surface area contributed by atoms with Crippen LogP contribution in [0.5, 0.6) is 5.75 Å². The second-order valence-electron chi connectivity index (χ2n) is 5.14. The fourth-order valence-corrected chi connectivity index (χ4v) is 2.64. The van der Waals surface area contributed by atoms with Crippen molar-refractivity contribution in [2.75, 3.05) is 0 Å². The molecule has 0 fully saturated rings. The zero-order valence-corrected chi connectivity index (χ0v) is 14.4. The first-order valence-electron chi connectivity index (χ1n) is 7.06. The summed E-state index contributed by atoms with van der Waals surface area (Å²) in [5.41, 5.74) is 0.473. The maximum Gasteiger partial charge on any atom is 0.315 e. The van der Waals surface area contributed by atoms with Crippen molar-refractivity contribution < 1.29 is 9.53 Å². The van der Waals surface area contributed by atoms with Gasteiger partial charge in [0.15, 0.2) is 11.4 Å². The molecular formula is C16H10Cl2N4O3. The van der Waals surface area contributed by atoms with Crippen molar-refractivity contribution in [2.24, 2.45) is 0 Å². The first-order valence-corrected chi connectivity index (χ1v) is 7.82. The molecule has 0 saturated carbocycles. The van der Waals surface area contributed by atoms with Gasteiger partial charge in [-0.15, -0.1) is 0 Å². The lowest BCUT2D eigenvalue weighted by molar-refractivity contribution is -0.133. The van der Waals surface area contributed by atoms with Crippen molar-refractivity contribution in [2.45, 2.75) is 13.3 Å². The van der Waals surface area contributed by atoms with E-state index in [1.54, 1.807) is 19.1 Å². The van der Waals surface area contributed by atoms with E-state index in [2.05, 4.69) is 10.1 Å². The van der Waals surface area contributed by atoms with Gasteiger partial charge < -0.3 is 4.74 Å². The summed E-state index contributed by atoms with van der Waals surface area (Å²) < 4.78 is 6.30. The summed E-state index contributed by atoms with van der Waals surface area (Å²) >= 11 is 11.8. The van der Waals surface area contributed by atoms with E-state index in [1.807, 2.05) is 6.07 Å². The lowest BCUT2D eigenvalue weighted by atomic mass is 10.1. The molecule has 0 spiro atoms. The molecule has 0 saturated heterocycles. The minimum atomic E-state index is -0.682. The van der Waals surface area contributed by atoms with Crippen LogP contribution >= 0.6 is 23.2 Å². The third-order valence-corrected chi connectivity index (χ3v) is 4.35. The fourth-order valence-electron chi connectivity index (χ4n) is 2.31. The first-order chi connectivity index (χ1) is 11.9. The standard InChI is InChI=1S/C16H10Cl2N4O3/c1-8-10(16(24)22-15(21-8)9(6-19)7-20-22)5-13(23)25-12-4-2-3-11(17)14(12)18/h2-4,7,20H,5H2,1H3. The Hall–Kier alpha value is -2.82. The number of ether oxygens (including phenoxy) is 1. The van der Waals surface area contributed by atoms with Crippen LogP contribution in [0.1, 0.15) is 16.8 Å². The molecule has 0 aliphatic carbocycles. The van der Waals surface area contributed by atoms with Crippen LogP contribution in [0.25, 0.3) is 5.65 Å². The number of H-pyrrole nitrogens is 1. The van der Waals surface area contributed by atoms with Crippen molar-refractivity contribution in [1.29, 1.82) is 5.26 Å². The fraction of sp³-hybridized carbons (Fsp3) is 0.125. The minimum absolute atomic E-state index is 0.109. The van der Waals surface area contributed by atoms with Crippen molar-refractivity contribution >= 4 is 34.8 Å². The Balaban J connectivity index is 1.93. The first kappa shape index (κ1) is 17.0. The number of nitriles is 1. The third-order valence-electron chi connectivity index (χ3n) is 3.54. The average molecular weight is 377 g/mol. The molecule has 0 atom stereocenters. The number of esters is 1. The van der Waals surface area contributed by atoms with E-state index in [0.29, 0.717) is 5.69 Å². The number of aryl methyl sites for hydroxylation is 1. The number of hydrogen-bond acceptors (Lipinski definition) is 5. The predicted molar refractivity (Wildman–Crippen MR) is 91.1 cm³/mol. The summed E-state index contributed by atoms with van der Waals surface area (Å²) in [4.78, 5) is 28.9. The van der Waals surface area contributed by atoms with Crippen LogP contribution in [0.2, 0.25) is 10.0 Å². The molecule has 0 aliphatic rings. The van der Waals surface area contributed by atoms with Crippen molar-refractivity contribution in [3.63, 3.8) is 0 Å². The van der Waals surface area contributed by atoms with Crippen molar-refractivity contribution in [3.05, 3.63) is 61.6 Å². The van der Waals surface area contributed by atoms with Crippen LogP contribution in [-0.4, -0.2) is 20.6 Å². The average Bonchev–Trinajstić information content (AvgIpc) is 2.98. The van der Waals surface area contributed by atoms with Crippen LogP contribution in [0.15, 0.2) is 29.2 Å². The number of carbonyl (C=O) groups is 1. The summed E-state index contributed by atoms with van der Waals surface area (Å²) in [5, 5.41) is 12.0.